The number of carbonyl (C=O) groups excluding carboxylic acids is 1. The Labute approximate surface area is 150 Å². The van der Waals surface area contributed by atoms with E-state index in [1.807, 2.05) is 11.8 Å². The summed E-state index contributed by atoms with van der Waals surface area (Å²) < 4.78 is 44.0. The highest BCUT2D eigenvalue weighted by Crippen LogP contribution is 2.34. The number of nitrogens with zero attached hydrogens (tertiary/aromatic N) is 1. The molecule has 1 aliphatic heterocycles. The number of alkyl halides is 3. The molecule has 0 radical (unpaired) electrons. The van der Waals surface area contributed by atoms with Crippen molar-refractivity contribution in [3.05, 3.63) is 29.3 Å². The summed E-state index contributed by atoms with van der Waals surface area (Å²) in [7, 11) is 0. The summed E-state index contributed by atoms with van der Waals surface area (Å²) in [5, 5.41) is 0. The molecule has 0 bridgehead atoms. The fraction of sp³-hybridized carbons (Fsp3) is 0.611. The molecule has 0 aliphatic carbocycles. The van der Waals surface area contributed by atoms with Crippen LogP contribution in [0.5, 0.6) is 5.75 Å². The van der Waals surface area contributed by atoms with Gasteiger partial charge in [-0.2, -0.15) is 24.9 Å². The molecule has 1 heterocycles. The third-order valence-corrected chi connectivity index (χ3v) is 5.41. The highest BCUT2D eigenvalue weighted by atomic mass is 32.2. The molecule has 0 spiro atoms. The van der Waals surface area contributed by atoms with Gasteiger partial charge in [0.2, 0.25) is 0 Å². The lowest BCUT2D eigenvalue weighted by molar-refractivity contribution is -0.137. The van der Waals surface area contributed by atoms with Crippen molar-refractivity contribution in [1.82, 2.24) is 4.90 Å². The lowest BCUT2D eigenvalue weighted by Crippen LogP contribution is -2.39. The fourth-order valence-corrected chi connectivity index (χ4v) is 3.81. The van der Waals surface area contributed by atoms with E-state index in [0.29, 0.717) is 19.0 Å². The molecule has 0 atom stereocenters. The second-order valence-electron chi connectivity index (χ2n) is 6.04. The molecule has 0 N–H and O–H groups in total. The fourth-order valence-electron chi connectivity index (χ4n) is 2.91. The van der Waals surface area contributed by atoms with Gasteiger partial charge in [-0.05, 0) is 55.4 Å². The van der Waals surface area contributed by atoms with Gasteiger partial charge in [-0.15, -0.1) is 0 Å². The summed E-state index contributed by atoms with van der Waals surface area (Å²) in [5.41, 5.74) is -0.598. The Morgan fingerprint density at radius 3 is 2.52 bits per heavy atom. The molecule has 7 heteroatoms. The SMILES string of the molecule is CCOc1cc(C(F)(F)F)ccc1C(=O)N1CCC(CSCC)CC1. The van der Waals surface area contributed by atoms with Crippen molar-refractivity contribution >= 4 is 17.7 Å². The van der Waals surface area contributed by atoms with E-state index in [2.05, 4.69) is 6.92 Å². The van der Waals surface area contributed by atoms with Crippen LogP contribution in [0.25, 0.3) is 0 Å². The Morgan fingerprint density at radius 1 is 1.28 bits per heavy atom. The number of rotatable bonds is 6. The first-order valence-corrected chi connectivity index (χ1v) is 9.73. The summed E-state index contributed by atoms with van der Waals surface area (Å²) in [6.07, 6.45) is -2.59. The van der Waals surface area contributed by atoms with Gasteiger partial charge in [0.05, 0.1) is 17.7 Å². The number of carbonyl (C=O) groups is 1. The second-order valence-corrected chi connectivity index (χ2v) is 7.36. The van der Waals surface area contributed by atoms with E-state index in [1.54, 1.807) is 11.8 Å². The summed E-state index contributed by atoms with van der Waals surface area (Å²) in [4.78, 5) is 14.5. The van der Waals surface area contributed by atoms with Crippen LogP contribution in [0.3, 0.4) is 0 Å². The van der Waals surface area contributed by atoms with E-state index in [4.69, 9.17) is 4.74 Å². The average Bonchev–Trinajstić information content (AvgIpc) is 2.59. The van der Waals surface area contributed by atoms with Crippen LogP contribution in [0, 0.1) is 5.92 Å². The Morgan fingerprint density at radius 2 is 1.96 bits per heavy atom. The highest BCUT2D eigenvalue weighted by molar-refractivity contribution is 7.99. The summed E-state index contributed by atoms with van der Waals surface area (Å²) in [5.74, 6) is 2.54. The molecule has 0 saturated carbocycles. The molecule has 1 fully saturated rings. The molecular formula is C18H24F3NO2S. The molecular weight excluding hydrogens is 351 g/mol. The van der Waals surface area contributed by atoms with Gasteiger partial charge in [-0.25, -0.2) is 0 Å². The third kappa shape index (κ3) is 5.30. The minimum atomic E-state index is -4.46. The zero-order valence-corrected chi connectivity index (χ0v) is 15.4. The predicted molar refractivity (Wildman–Crippen MR) is 94.2 cm³/mol. The van der Waals surface area contributed by atoms with Crippen LogP contribution in [0.1, 0.15) is 42.6 Å². The minimum Gasteiger partial charge on any atom is -0.493 e. The van der Waals surface area contributed by atoms with Gasteiger partial charge in [0.15, 0.2) is 0 Å². The van der Waals surface area contributed by atoms with Gasteiger partial charge in [-0.3, -0.25) is 4.79 Å². The molecule has 0 aromatic heterocycles. The average molecular weight is 375 g/mol. The molecule has 1 aromatic carbocycles. The molecule has 0 unspecified atom stereocenters. The number of hydrogen-bond acceptors (Lipinski definition) is 3. The molecule has 1 amide bonds. The highest BCUT2D eigenvalue weighted by Gasteiger charge is 2.33. The Balaban J connectivity index is 2.11. The molecule has 1 saturated heterocycles. The number of amides is 1. The van der Waals surface area contributed by atoms with Gasteiger partial charge >= 0.3 is 6.18 Å². The lowest BCUT2D eigenvalue weighted by Gasteiger charge is -2.32. The number of hydrogen-bond donors (Lipinski definition) is 0. The van der Waals surface area contributed by atoms with Crippen LogP contribution in [0.15, 0.2) is 18.2 Å². The largest absolute Gasteiger partial charge is 0.493 e. The van der Waals surface area contributed by atoms with Crippen LogP contribution >= 0.6 is 11.8 Å². The van der Waals surface area contributed by atoms with Crippen molar-refractivity contribution in [2.75, 3.05) is 31.2 Å². The van der Waals surface area contributed by atoms with Gasteiger partial charge in [-0.1, -0.05) is 6.92 Å². The maximum absolute atomic E-state index is 12.9. The normalized spacial score (nSPS) is 16.1. The molecule has 140 valence electrons. The monoisotopic (exact) mass is 375 g/mol. The number of halogens is 3. The Hall–Kier alpha value is -1.37. The first-order chi connectivity index (χ1) is 11.9. The maximum Gasteiger partial charge on any atom is 0.416 e. The van der Waals surface area contributed by atoms with Crippen LogP contribution in [0.2, 0.25) is 0 Å². The van der Waals surface area contributed by atoms with Crippen LogP contribution < -0.4 is 4.74 Å². The van der Waals surface area contributed by atoms with E-state index in [-0.39, 0.29) is 23.8 Å². The third-order valence-electron chi connectivity index (χ3n) is 4.30. The molecule has 1 aliphatic rings. The summed E-state index contributed by atoms with van der Waals surface area (Å²) >= 11 is 1.90. The van der Waals surface area contributed by atoms with Crippen molar-refractivity contribution in [1.29, 1.82) is 0 Å². The van der Waals surface area contributed by atoms with Gasteiger partial charge in [0.1, 0.15) is 5.75 Å². The Kier molecular flexibility index (Phi) is 7.04. The van der Waals surface area contributed by atoms with Crippen molar-refractivity contribution in [3.63, 3.8) is 0 Å². The zero-order valence-electron chi connectivity index (χ0n) is 14.6. The lowest BCUT2D eigenvalue weighted by atomic mass is 9.98. The van der Waals surface area contributed by atoms with Crippen molar-refractivity contribution < 1.29 is 22.7 Å². The van der Waals surface area contributed by atoms with Gasteiger partial charge in [0, 0.05) is 13.1 Å². The van der Waals surface area contributed by atoms with E-state index in [0.717, 1.165) is 36.5 Å². The first kappa shape index (κ1) is 19.9. The topological polar surface area (TPSA) is 29.5 Å². The predicted octanol–water partition coefficient (Wildman–Crippen LogP) is 4.71. The smallest absolute Gasteiger partial charge is 0.416 e. The minimum absolute atomic E-state index is 0.00554. The molecule has 3 nitrogen and oxygen atoms in total. The van der Waals surface area contributed by atoms with E-state index < -0.39 is 11.7 Å². The maximum atomic E-state index is 12.9. The first-order valence-electron chi connectivity index (χ1n) is 8.57. The number of thioether (sulfide) groups is 1. The molecule has 1 aromatic rings. The second kappa shape index (κ2) is 8.83. The van der Waals surface area contributed by atoms with Crippen molar-refractivity contribution in [3.8, 4) is 5.75 Å². The number of piperidine rings is 1. The van der Waals surface area contributed by atoms with Crippen LogP contribution in [-0.2, 0) is 6.18 Å². The standard InChI is InChI=1S/C18H24F3NO2S/c1-3-24-16-11-14(18(19,20)21)5-6-15(16)17(23)22-9-7-13(8-10-22)12-25-4-2/h5-6,11,13H,3-4,7-10,12H2,1-2H3. The Bertz CT molecular complexity index is 584. The van der Waals surface area contributed by atoms with Crippen molar-refractivity contribution in [2.24, 2.45) is 5.92 Å². The van der Waals surface area contributed by atoms with Gasteiger partial charge < -0.3 is 9.64 Å². The zero-order chi connectivity index (χ0) is 18.4. The van der Waals surface area contributed by atoms with Crippen molar-refractivity contribution in [2.45, 2.75) is 32.9 Å². The van der Waals surface area contributed by atoms with E-state index >= 15 is 0 Å². The number of benzene rings is 1. The van der Waals surface area contributed by atoms with Crippen LogP contribution in [0.4, 0.5) is 13.2 Å². The summed E-state index contributed by atoms with van der Waals surface area (Å²) in [6.45, 7) is 5.30. The van der Waals surface area contributed by atoms with E-state index in [1.165, 1.54) is 6.07 Å². The van der Waals surface area contributed by atoms with Gasteiger partial charge in [0.25, 0.3) is 5.91 Å². The number of likely N-dealkylation sites (tertiary alicyclic amines) is 1. The molecule has 2 rings (SSSR count). The van der Waals surface area contributed by atoms with E-state index in [9.17, 15) is 18.0 Å². The quantitative estimate of drug-likeness (QED) is 0.721. The number of ether oxygens (including phenoxy) is 1. The van der Waals surface area contributed by atoms with Crippen LogP contribution in [-0.4, -0.2) is 42.0 Å². The summed E-state index contributed by atoms with van der Waals surface area (Å²) in [6, 6.07) is 3.09. The molecule has 25 heavy (non-hydrogen) atoms.